The summed E-state index contributed by atoms with van der Waals surface area (Å²) < 4.78 is 0. The molecule has 31 heavy (non-hydrogen) atoms. The Morgan fingerprint density at radius 1 is 0.968 bits per heavy atom. The Morgan fingerprint density at radius 2 is 1.71 bits per heavy atom. The van der Waals surface area contributed by atoms with E-state index in [0.29, 0.717) is 11.5 Å². The Balaban J connectivity index is 1.64. The first-order chi connectivity index (χ1) is 15.0. The number of fused-ring (bicyclic) bond motifs is 1. The molecule has 0 aliphatic carbocycles. The van der Waals surface area contributed by atoms with Gasteiger partial charge in [0.1, 0.15) is 0 Å². The van der Waals surface area contributed by atoms with Gasteiger partial charge in [-0.05, 0) is 42.2 Å². The molecule has 0 spiro atoms. The van der Waals surface area contributed by atoms with E-state index >= 15 is 0 Å². The van der Waals surface area contributed by atoms with Crippen LogP contribution in [0.2, 0.25) is 0 Å². The monoisotopic (exact) mass is 407 g/mol. The first-order valence-corrected chi connectivity index (χ1v) is 10.4. The smallest absolute Gasteiger partial charge is 0.267 e. The molecule has 0 aliphatic rings. The lowest BCUT2D eigenvalue weighted by Gasteiger charge is -2.10. The predicted molar refractivity (Wildman–Crippen MR) is 128 cm³/mol. The molecule has 0 saturated carbocycles. The number of hydrogen-bond acceptors (Lipinski definition) is 3. The highest BCUT2D eigenvalue weighted by Gasteiger charge is 2.14. The third-order valence-corrected chi connectivity index (χ3v) is 5.26. The van der Waals surface area contributed by atoms with Crippen LogP contribution >= 0.6 is 0 Å². The maximum absolute atomic E-state index is 13.0. The van der Waals surface area contributed by atoms with Crippen LogP contribution in [0.1, 0.15) is 46.8 Å². The third-order valence-electron chi connectivity index (χ3n) is 5.26. The molecule has 0 atom stereocenters. The van der Waals surface area contributed by atoms with Gasteiger partial charge in [0.25, 0.3) is 5.91 Å². The summed E-state index contributed by atoms with van der Waals surface area (Å²) >= 11 is 0. The summed E-state index contributed by atoms with van der Waals surface area (Å²) in [5.41, 5.74) is 9.02. The van der Waals surface area contributed by atoms with Gasteiger partial charge in [0.2, 0.25) is 0 Å². The average molecular weight is 408 g/mol. The maximum Gasteiger partial charge on any atom is 0.272 e. The molecule has 1 amide bonds. The molecule has 1 aromatic heterocycles. The Labute approximate surface area is 182 Å². The van der Waals surface area contributed by atoms with E-state index in [1.54, 1.807) is 6.21 Å². The lowest BCUT2D eigenvalue weighted by molar-refractivity contribution is 0.0956. The number of aryl methyl sites for hydroxylation is 1. The summed E-state index contributed by atoms with van der Waals surface area (Å²) in [6, 6.07) is 25.8. The number of carbonyl (C=O) groups excluding carboxylic acids is 1. The molecule has 1 heterocycles. The second kappa shape index (κ2) is 8.92. The summed E-state index contributed by atoms with van der Waals surface area (Å²) in [7, 11) is 0. The Morgan fingerprint density at radius 3 is 2.42 bits per heavy atom. The molecule has 1 N–H and O–H groups in total. The van der Waals surface area contributed by atoms with E-state index < -0.39 is 0 Å². The largest absolute Gasteiger partial charge is 0.272 e. The van der Waals surface area contributed by atoms with Gasteiger partial charge in [0.15, 0.2) is 0 Å². The van der Waals surface area contributed by atoms with Crippen molar-refractivity contribution in [3.63, 3.8) is 0 Å². The lowest BCUT2D eigenvalue weighted by atomic mass is 10.0. The third kappa shape index (κ3) is 4.69. The van der Waals surface area contributed by atoms with Crippen LogP contribution in [0.3, 0.4) is 0 Å². The highest BCUT2D eigenvalue weighted by atomic mass is 16.2. The van der Waals surface area contributed by atoms with Crippen molar-refractivity contribution in [2.24, 2.45) is 5.10 Å². The summed E-state index contributed by atoms with van der Waals surface area (Å²) in [6.45, 7) is 6.33. The number of carbonyl (C=O) groups is 1. The van der Waals surface area contributed by atoms with Crippen molar-refractivity contribution in [1.82, 2.24) is 10.4 Å². The summed E-state index contributed by atoms with van der Waals surface area (Å²) in [4.78, 5) is 17.8. The summed E-state index contributed by atoms with van der Waals surface area (Å²) in [5, 5.41) is 4.99. The molecular formula is C27H25N3O. The summed E-state index contributed by atoms with van der Waals surface area (Å²) in [5.74, 6) is 0.221. The van der Waals surface area contributed by atoms with Gasteiger partial charge in [0, 0.05) is 10.9 Å². The standard InChI is InChI=1S/C27H25N3O/c1-18(2)21-12-10-20(11-13-21)17-28-30-27(31)24-16-26(22-7-5-4-6-8-22)29-25-14-9-19(3)15-23(24)25/h4-18H,1-3H3,(H,30,31). The molecule has 4 nitrogen and oxygen atoms in total. The molecule has 0 unspecified atom stereocenters. The minimum atomic E-state index is -0.259. The second-order valence-electron chi connectivity index (χ2n) is 7.96. The normalized spacial score (nSPS) is 11.4. The van der Waals surface area contributed by atoms with Crippen molar-refractivity contribution < 1.29 is 4.79 Å². The number of nitrogens with one attached hydrogen (secondary N) is 1. The molecule has 4 aromatic rings. The second-order valence-corrected chi connectivity index (χ2v) is 7.96. The van der Waals surface area contributed by atoms with Crippen LogP contribution in [0, 0.1) is 6.92 Å². The first kappa shape index (κ1) is 20.5. The van der Waals surface area contributed by atoms with Gasteiger partial charge in [-0.15, -0.1) is 0 Å². The minimum absolute atomic E-state index is 0.259. The molecule has 3 aromatic carbocycles. The van der Waals surface area contributed by atoms with E-state index in [-0.39, 0.29) is 5.91 Å². The molecule has 0 saturated heterocycles. The van der Waals surface area contributed by atoms with Crippen molar-refractivity contribution in [2.75, 3.05) is 0 Å². The zero-order valence-corrected chi connectivity index (χ0v) is 18.0. The van der Waals surface area contributed by atoms with E-state index in [4.69, 9.17) is 4.98 Å². The number of hydrazone groups is 1. The molecule has 154 valence electrons. The fraction of sp³-hybridized carbons (Fsp3) is 0.148. The average Bonchev–Trinajstić information content (AvgIpc) is 2.79. The van der Waals surface area contributed by atoms with Crippen LogP contribution in [0.15, 0.2) is 84.0 Å². The van der Waals surface area contributed by atoms with Crippen molar-refractivity contribution in [3.8, 4) is 11.3 Å². The molecular weight excluding hydrogens is 382 g/mol. The maximum atomic E-state index is 13.0. The van der Waals surface area contributed by atoms with Crippen LogP contribution < -0.4 is 5.43 Å². The van der Waals surface area contributed by atoms with Crippen LogP contribution in [0.5, 0.6) is 0 Å². The molecule has 4 heteroatoms. The van der Waals surface area contributed by atoms with Gasteiger partial charge >= 0.3 is 0 Å². The van der Waals surface area contributed by atoms with Gasteiger partial charge in [-0.2, -0.15) is 5.10 Å². The highest BCUT2D eigenvalue weighted by molar-refractivity contribution is 6.07. The predicted octanol–water partition coefficient (Wildman–Crippen LogP) is 6.10. The zero-order chi connectivity index (χ0) is 21.8. The van der Waals surface area contributed by atoms with Gasteiger partial charge in [-0.25, -0.2) is 10.4 Å². The number of aromatic nitrogens is 1. The highest BCUT2D eigenvalue weighted by Crippen LogP contribution is 2.25. The van der Waals surface area contributed by atoms with Crippen LogP contribution in [0.4, 0.5) is 0 Å². The molecule has 0 radical (unpaired) electrons. The van der Waals surface area contributed by atoms with E-state index in [2.05, 4.69) is 36.5 Å². The van der Waals surface area contributed by atoms with Gasteiger partial charge in [0.05, 0.1) is 23.0 Å². The van der Waals surface area contributed by atoms with E-state index in [1.807, 2.05) is 73.7 Å². The van der Waals surface area contributed by atoms with Crippen LogP contribution in [0.25, 0.3) is 22.2 Å². The Hall–Kier alpha value is -3.79. The number of nitrogens with zero attached hydrogens (tertiary/aromatic N) is 2. The Kier molecular flexibility index (Phi) is 5.89. The molecule has 0 bridgehead atoms. The number of pyridine rings is 1. The number of amides is 1. The van der Waals surface area contributed by atoms with Crippen LogP contribution in [-0.4, -0.2) is 17.1 Å². The Bertz CT molecular complexity index is 1240. The van der Waals surface area contributed by atoms with Gasteiger partial charge < -0.3 is 0 Å². The van der Waals surface area contributed by atoms with E-state index in [1.165, 1.54) is 5.56 Å². The SMILES string of the molecule is Cc1ccc2nc(-c3ccccc3)cc(C(=O)NN=Cc3ccc(C(C)C)cc3)c2c1. The number of benzene rings is 3. The van der Waals surface area contributed by atoms with Crippen molar-refractivity contribution in [3.05, 3.63) is 101 Å². The quantitative estimate of drug-likeness (QED) is 0.321. The number of hydrogen-bond donors (Lipinski definition) is 1. The van der Waals surface area contributed by atoms with Crippen molar-refractivity contribution in [2.45, 2.75) is 26.7 Å². The molecule has 0 fully saturated rings. The van der Waals surface area contributed by atoms with E-state index in [0.717, 1.165) is 33.3 Å². The molecule has 4 rings (SSSR count). The van der Waals surface area contributed by atoms with Gasteiger partial charge in [-0.1, -0.05) is 80.1 Å². The van der Waals surface area contributed by atoms with Crippen molar-refractivity contribution in [1.29, 1.82) is 0 Å². The number of rotatable bonds is 5. The fourth-order valence-corrected chi connectivity index (χ4v) is 3.48. The summed E-state index contributed by atoms with van der Waals surface area (Å²) in [6.07, 6.45) is 1.66. The molecule has 0 aliphatic heterocycles. The fourth-order valence-electron chi connectivity index (χ4n) is 3.48. The van der Waals surface area contributed by atoms with Crippen LogP contribution in [-0.2, 0) is 0 Å². The lowest BCUT2D eigenvalue weighted by Crippen LogP contribution is -2.18. The first-order valence-electron chi connectivity index (χ1n) is 10.4. The topological polar surface area (TPSA) is 54.4 Å². The van der Waals surface area contributed by atoms with Gasteiger partial charge in [-0.3, -0.25) is 4.79 Å². The zero-order valence-electron chi connectivity index (χ0n) is 18.0. The van der Waals surface area contributed by atoms with Crippen molar-refractivity contribution >= 4 is 23.0 Å². The minimum Gasteiger partial charge on any atom is -0.267 e. The van der Waals surface area contributed by atoms with E-state index in [9.17, 15) is 4.79 Å².